The van der Waals surface area contributed by atoms with E-state index in [1.165, 1.54) is 12.7 Å². The summed E-state index contributed by atoms with van der Waals surface area (Å²) in [4.78, 5) is 88.6. The molecule has 4 aromatic rings. The Balaban J connectivity index is 0.000000389. The van der Waals surface area contributed by atoms with Crippen LogP contribution in [0.25, 0.3) is 22.3 Å². The van der Waals surface area contributed by atoms with E-state index in [0.717, 1.165) is 72.5 Å². The summed E-state index contributed by atoms with van der Waals surface area (Å²) in [5, 5.41) is 28.0. The summed E-state index contributed by atoms with van der Waals surface area (Å²) >= 11 is 0. The topological polar surface area (TPSA) is 397 Å². The van der Waals surface area contributed by atoms with E-state index in [0.29, 0.717) is 67.2 Å². The summed E-state index contributed by atoms with van der Waals surface area (Å²) in [6, 6.07) is 9.80. The van der Waals surface area contributed by atoms with Crippen molar-refractivity contribution in [2.24, 2.45) is 0 Å². The van der Waals surface area contributed by atoms with Gasteiger partial charge in [-0.15, -0.1) is 0 Å². The first-order valence-electron chi connectivity index (χ1n) is 39.5. The van der Waals surface area contributed by atoms with E-state index in [4.69, 9.17) is 57.6 Å². The molecule has 0 bridgehead atoms. The van der Waals surface area contributed by atoms with Gasteiger partial charge in [0.05, 0.1) is 25.9 Å². The number of anilines is 2. The number of aromatic nitrogens is 8. The van der Waals surface area contributed by atoms with Crippen LogP contribution in [0.1, 0.15) is 191 Å². The van der Waals surface area contributed by atoms with Crippen LogP contribution >= 0.6 is 0 Å². The van der Waals surface area contributed by atoms with Crippen molar-refractivity contribution in [2.75, 3.05) is 57.4 Å². The summed E-state index contributed by atoms with van der Waals surface area (Å²) in [6.07, 6.45) is 2.14. The fourth-order valence-electron chi connectivity index (χ4n) is 13.5. The van der Waals surface area contributed by atoms with Gasteiger partial charge in [-0.3, -0.25) is 14.0 Å². The summed E-state index contributed by atoms with van der Waals surface area (Å²) in [5.41, 5.74) is 11.7. The molecule has 2 saturated heterocycles. The van der Waals surface area contributed by atoms with E-state index < -0.39 is 123 Å². The zero-order chi connectivity index (χ0) is 82.1. The van der Waals surface area contributed by atoms with Crippen LogP contribution in [0.4, 0.5) is 21.2 Å². The Labute approximate surface area is 652 Å². The van der Waals surface area contributed by atoms with Gasteiger partial charge in [-0.1, -0.05) is 83.1 Å². The Morgan fingerprint density at radius 1 is 0.505 bits per heavy atom. The van der Waals surface area contributed by atoms with Gasteiger partial charge in [0.15, 0.2) is 68.7 Å². The summed E-state index contributed by atoms with van der Waals surface area (Å²) < 4.78 is 68.1. The van der Waals surface area contributed by atoms with Crippen molar-refractivity contribution >= 4 is 97.6 Å². The number of aliphatic hydroxyl groups excluding tert-OH is 2. The molecule has 622 valence electrons. The summed E-state index contributed by atoms with van der Waals surface area (Å²) in [5.74, 6) is -0.606. The Bertz CT molecular complexity index is 3390. The van der Waals surface area contributed by atoms with Gasteiger partial charge in [0.25, 0.3) is 0 Å². The number of carbonyl (C=O) groups is 5. The zero-order valence-electron chi connectivity index (χ0n) is 70.2. The van der Waals surface area contributed by atoms with Crippen molar-refractivity contribution < 1.29 is 80.3 Å². The number of nitrogens with two attached hydrogens (primary N) is 2. The maximum atomic E-state index is 13.4. The van der Waals surface area contributed by atoms with Crippen molar-refractivity contribution in [1.29, 1.82) is 0 Å². The molecular formula is C74H138N14O17Si4. The minimum Gasteiger partial charge on any atom is -0.458 e. The number of ether oxygens (including phenoxy) is 6. The number of carbonyl (C=O) groups excluding carboxylic acids is 5. The molecule has 0 spiro atoms. The first-order chi connectivity index (χ1) is 51.1. The van der Waals surface area contributed by atoms with Crippen molar-refractivity contribution in [3.05, 3.63) is 25.3 Å². The number of aldehydes is 1. The van der Waals surface area contributed by atoms with Crippen molar-refractivity contribution in [3.63, 3.8) is 0 Å². The van der Waals surface area contributed by atoms with E-state index >= 15 is 0 Å². The van der Waals surface area contributed by atoms with E-state index in [1.54, 1.807) is 95.7 Å². The molecule has 2 unspecified atom stereocenters. The Kier molecular flexibility index (Phi) is 37.7. The van der Waals surface area contributed by atoms with Crippen LogP contribution in [0, 0.1) is 0 Å². The molecule has 109 heavy (non-hydrogen) atoms. The molecule has 2 amide bonds. The van der Waals surface area contributed by atoms with Gasteiger partial charge in [0.2, 0.25) is 0 Å². The van der Waals surface area contributed by atoms with Gasteiger partial charge >= 0.3 is 24.1 Å². The number of imidazole rings is 2. The number of esters is 2. The van der Waals surface area contributed by atoms with Crippen LogP contribution in [0.3, 0.4) is 0 Å². The molecule has 2 fully saturated rings. The number of fused-ring (bicyclic) bond motifs is 2. The average Bonchev–Trinajstić information content (AvgIpc) is 1.61. The fraction of sp³-hybridized carbons (Fsp3) is 0.797. The lowest BCUT2D eigenvalue weighted by molar-refractivity contribution is -0.158. The van der Waals surface area contributed by atoms with Crippen molar-refractivity contribution in [3.8, 4) is 0 Å². The Morgan fingerprint density at radius 2 is 0.853 bits per heavy atom. The second-order valence-electron chi connectivity index (χ2n) is 32.2. The molecule has 9 N–H and O–H groups in total. The van der Waals surface area contributed by atoms with Crippen molar-refractivity contribution in [2.45, 2.75) is 335 Å². The number of hydrogen-bond donors (Lipinski definition) is 7. The van der Waals surface area contributed by atoms with E-state index in [9.17, 15) is 34.2 Å². The van der Waals surface area contributed by atoms with E-state index in [-0.39, 0.29) is 50.2 Å². The highest BCUT2D eigenvalue weighted by atomic mass is 28.4. The second-order valence-corrected chi connectivity index (χ2v) is 51.1. The maximum absolute atomic E-state index is 13.4. The molecule has 0 radical (unpaired) electrons. The van der Waals surface area contributed by atoms with Gasteiger partial charge in [-0.25, -0.2) is 49.1 Å². The van der Waals surface area contributed by atoms with Crippen LogP contribution in [0.15, 0.2) is 25.3 Å². The number of rotatable bonds is 39. The first-order valence-corrected chi connectivity index (χ1v) is 49.7. The first kappa shape index (κ1) is 95.7. The highest BCUT2D eigenvalue weighted by Crippen LogP contribution is 2.44. The molecule has 6 rings (SSSR count). The highest BCUT2D eigenvalue weighted by molar-refractivity contribution is 6.75. The minimum atomic E-state index is -2.24. The Morgan fingerprint density at radius 3 is 1.20 bits per heavy atom. The standard InChI is InChI=1S/C37H69N7O8Si2.C24H46N6O4Si2.C13H23NO5/c1-13-53(14-2,15-3)51-29-27(23-43(21-22-45)20-19-26(34(46)49-36(7,8)9)42-35(47)50-37(10,11)12)48-33(30(29)52-54(16-4,17-5)18-6)44-25-41-28-31(38)39-24-40-32(28)44;1-7-35(8-2,9-3)33-20-18(15-26-13-14-31)32-24(21(20)34-36(10-4,11-5)12-6)30-17-29-19-22(25)27-16-28-23(19)30;1-12(2,3)18-10(16)9(7-8-15)14-11(17)19-13(4,5)6/h24-27,29-30,33,45H,13-23H2,1-12H3,(H,42,47)(H2,38,39,40);16-18,20-21,24,26,31H,7-15H2,1-6H3,(H2,25,27,28);8-9H,7H2,1-6H3,(H,14,17)/t26-,27+,29?,30-,33+;18-,20?,21+,24-;9-/m010/s1. The van der Waals surface area contributed by atoms with Crippen molar-refractivity contribution in [1.82, 2.24) is 59.9 Å². The van der Waals surface area contributed by atoms with Crippen LogP contribution in [-0.2, 0) is 60.5 Å². The molecule has 31 nitrogen and oxygen atoms in total. The van der Waals surface area contributed by atoms with Gasteiger partial charge in [0.1, 0.15) is 101 Å². The predicted octanol–water partition coefficient (Wildman–Crippen LogP) is 11.5. The van der Waals surface area contributed by atoms with Gasteiger partial charge in [-0.05, 0) is 162 Å². The molecule has 4 aromatic heterocycles. The second kappa shape index (κ2) is 43.0. The third kappa shape index (κ3) is 27.8. The molecule has 6 heterocycles. The Hall–Kier alpha value is -5.68. The molecule has 0 saturated carbocycles. The van der Waals surface area contributed by atoms with Crippen LogP contribution in [0.2, 0.25) is 72.5 Å². The quantitative estimate of drug-likeness (QED) is 0.00717. The van der Waals surface area contributed by atoms with Crippen LogP contribution in [-0.4, -0.2) is 235 Å². The van der Waals surface area contributed by atoms with Gasteiger partial charge in [0, 0.05) is 39.1 Å². The lowest BCUT2D eigenvalue weighted by Crippen LogP contribution is -2.53. The molecular weight excluding hydrogens is 1470 g/mol. The van der Waals surface area contributed by atoms with Gasteiger partial charge in [-0.2, -0.15) is 0 Å². The maximum Gasteiger partial charge on any atom is 0.408 e. The van der Waals surface area contributed by atoms with Crippen LogP contribution < -0.4 is 27.4 Å². The number of aliphatic hydroxyl groups is 2. The number of nitrogen functional groups attached to an aromatic ring is 2. The van der Waals surface area contributed by atoms with E-state index in [1.807, 2.05) is 14.0 Å². The third-order valence-electron chi connectivity index (χ3n) is 20.5. The molecule has 0 aromatic carbocycles. The zero-order valence-corrected chi connectivity index (χ0v) is 74.2. The molecule has 2 aliphatic rings. The SMILES string of the molecule is CC(C)(C)OC(=O)N[C@@H](CC=O)C(=O)OC(C)(C)C.CC[Si](CC)(CC)OC1[C@@H](CN(CCO)CC[C@H](NC(=O)OC(C)(C)C)C(=O)OC(C)(C)C)O[C@@H](n2cnc3c(N)ncnc32)[C@H]1O[Si](CC)(CC)CC.CC[Si](CC)(CC)OC1[C@@H](CNCCO)O[C@@H](n2cnc3c(N)ncnc32)[C@H]1O[Si](CC)(CC)CC. The monoisotopic (exact) mass is 1610 g/mol. The van der Waals surface area contributed by atoms with Crippen LogP contribution in [0.5, 0.6) is 0 Å². The number of alkyl carbamates (subject to hydrolysis) is 2. The molecule has 35 heteroatoms. The lowest BCUT2D eigenvalue weighted by Gasteiger charge is -2.40. The van der Waals surface area contributed by atoms with E-state index in [2.05, 4.69) is 129 Å². The number of nitrogens with zero attached hydrogens (tertiary/aromatic N) is 9. The largest absolute Gasteiger partial charge is 0.458 e. The molecule has 10 atom stereocenters. The molecule has 2 aliphatic heterocycles. The minimum absolute atomic E-state index is 0.0685. The third-order valence-corrected chi connectivity index (χ3v) is 39.0. The number of hydrogen-bond acceptors (Lipinski definition) is 27. The number of amides is 2. The normalized spacial score (nSPS) is 20.1. The predicted molar refractivity (Wildman–Crippen MR) is 432 cm³/mol. The summed E-state index contributed by atoms with van der Waals surface area (Å²) in [6.45, 7) is 49.5. The van der Waals surface area contributed by atoms with Gasteiger partial charge < -0.3 is 88.6 Å². The number of nitrogens with one attached hydrogen (secondary N) is 3. The molecule has 0 aliphatic carbocycles. The average molecular weight is 1610 g/mol. The smallest absolute Gasteiger partial charge is 0.408 e. The lowest BCUT2D eigenvalue weighted by atomic mass is 10.1. The fourth-order valence-corrected chi connectivity index (χ4v) is 24.9. The summed E-state index contributed by atoms with van der Waals surface area (Å²) in [7, 11) is -8.49. The highest BCUT2D eigenvalue weighted by Gasteiger charge is 2.55.